The molecule has 2 heterocycles. The molecule has 1 aromatic carbocycles. The Kier molecular flexibility index (Phi) is 2.55. The summed E-state index contributed by atoms with van der Waals surface area (Å²) in [6.45, 7) is 4.74. The Morgan fingerprint density at radius 1 is 1.16 bits per heavy atom. The van der Waals surface area contributed by atoms with Crippen molar-refractivity contribution in [2.24, 2.45) is 7.05 Å². The Morgan fingerprint density at radius 2 is 1.84 bits per heavy atom. The monoisotopic (exact) mass is 255 g/mol. The number of hydrogen-bond donors (Lipinski definition) is 1. The molecule has 0 saturated heterocycles. The van der Waals surface area contributed by atoms with E-state index in [2.05, 4.69) is 41.3 Å². The molecule has 0 atom stereocenters. The number of rotatable bonds is 2. The van der Waals surface area contributed by atoms with Gasteiger partial charge < -0.3 is 5.73 Å². The van der Waals surface area contributed by atoms with Crippen LogP contribution in [0.2, 0.25) is 0 Å². The number of benzene rings is 1. The number of nitrogen functional groups attached to an aromatic ring is 1. The molecule has 2 aromatic heterocycles. The first-order valence-electron chi connectivity index (χ1n) is 6.27. The average molecular weight is 255 g/mol. The van der Waals surface area contributed by atoms with Crippen LogP contribution >= 0.6 is 0 Å². The average Bonchev–Trinajstić information content (AvgIpc) is 2.82. The van der Waals surface area contributed by atoms with E-state index in [-0.39, 0.29) is 0 Å². The summed E-state index contributed by atoms with van der Waals surface area (Å²) in [4.78, 5) is 4.40. The third kappa shape index (κ3) is 1.87. The van der Waals surface area contributed by atoms with Crippen molar-refractivity contribution in [3.05, 3.63) is 41.1 Å². The summed E-state index contributed by atoms with van der Waals surface area (Å²) in [6, 6.07) is 8.44. The molecule has 0 aliphatic heterocycles. The Hall–Kier alpha value is -2.30. The van der Waals surface area contributed by atoms with Gasteiger partial charge in [-0.15, -0.1) is 0 Å². The van der Waals surface area contributed by atoms with Gasteiger partial charge >= 0.3 is 0 Å². The highest BCUT2D eigenvalue weighted by Crippen LogP contribution is 2.21. The highest BCUT2D eigenvalue weighted by Gasteiger charge is 2.15. The molecule has 0 amide bonds. The second-order valence-corrected chi connectivity index (χ2v) is 4.92. The Labute approximate surface area is 111 Å². The van der Waals surface area contributed by atoms with Crippen LogP contribution in [0.1, 0.15) is 16.8 Å². The first kappa shape index (κ1) is 11.8. The Bertz CT molecular complexity index is 733. The van der Waals surface area contributed by atoms with Crippen LogP contribution in [-0.4, -0.2) is 19.3 Å². The lowest BCUT2D eigenvalue weighted by molar-refractivity contribution is 0.726. The van der Waals surface area contributed by atoms with Gasteiger partial charge in [-0.25, -0.2) is 4.98 Å². The molecule has 3 rings (SSSR count). The van der Waals surface area contributed by atoms with Crippen molar-refractivity contribution in [3.63, 3.8) is 0 Å². The largest absolute Gasteiger partial charge is 0.369 e. The highest BCUT2D eigenvalue weighted by molar-refractivity contribution is 5.77. The first-order valence-corrected chi connectivity index (χ1v) is 6.27. The van der Waals surface area contributed by atoms with Gasteiger partial charge in [0, 0.05) is 7.05 Å². The molecular weight excluding hydrogens is 238 g/mol. The number of nitrogens with zero attached hydrogens (tertiary/aromatic N) is 4. The van der Waals surface area contributed by atoms with E-state index >= 15 is 0 Å². The SMILES string of the molecule is Cc1ccc(Cn2c(N)nc3c(C)nn(C)c32)cc1. The summed E-state index contributed by atoms with van der Waals surface area (Å²) >= 11 is 0. The lowest BCUT2D eigenvalue weighted by Gasteiger charge is -2.07. The molecule has 0 aliphatic carbocycles. The van der Waals surface area contributed by atoms with E-state index < -0.39 is 0 Å². The zero-order chi connectivity index (χ0) is 13.6. The maximum atomic E-state index is 6.02. The van der Waals surface area contributed by atoms with Crippen molar-refractivity contribution in [1.82, 2.24) is 19.3 Å². The summed E-state index contributed by atoms with van der Waals surface area (Å²) in [5.41, 5.74) is 11.2. The molecule has 98 valence electrons. The molecule has 2 N–H and O–H groups in total. The maximum Gasteiger partial charge on any atom is 0.202 e. The van der Waals surface area contributed by atoms with Crippen LogP contribution in [0.3, 0.4) is 0 Å². The molecule has 0 spiro atoms. The quantitative estimate of drug-likeness (QED) is 0.762. The Balaban J connectivity index is 2.09. The number of nitrogens with two attached hydrogens (primary N) is 1. The topological polar surface area (TPSA) is 61.7 Å². The predicted octanol–water partition coefficient (Wildman–Crippen LogP) is 2.02. The van der Waals surface area contributed by atoms with Gasteiger partial charge in [-0.05, 0) is 19.4 Å². The van der Waals surface area contributed by atoms with E-state index in [0.717, 1.165) is 16.9 Å². The molecule has 0 bridgehead atoms. The maximum absolute atomic E-state index is 6.02. The summed E-state index contributed by atoms with van der Waals surface area (Å²) < 4.78 is 3.84. The summed E-state index contributed by atoms with van der Waals surface area (Å²) in [6.07, 6.45) is 0. The van der Waals surface area contributed by atoms with Gasteiger partial charge in [0.2, 0.25) is 5.95 Å². The van der Waals surface area contributed by atoms with Crippen molar-refractivity contribution in [2.75, 3.05) is 5.73 Å². The van der Waals surface area contributed by atoms with Crippen LogP contribution in [-0.2, 0) is 13.6 Å². The van der Waals surface area contributed by atoms with E-state index in [4.69, 9.17) is 5.73 Å². The van der Waals surface area contributed by atoms with Crippen LogP contribution in [0.15, 0.2) is 24.3 Å². The third-order valence-electron chi connectivity index (χ3n) is 3.38. The van der Waals surface area contributed by atoms with E-state index in [1.54, 1.807) is 0 Å². The molecule has 3 aromatic rings. The second kappa shape index (κ2) is 4.12. The second-order valence-electron chi connectivity index (χ2n) is 4.92. The molecule has 0 aliphatic rings. The van der Waals surface area contributed by atoms with Crippen molar-refractivity contribution in [2.45, 2.75) is 20.4 Å². The van der Waals surface area contributed by atoms with Gasteiger partial charge in [0.25, 0.3) is 0 Å². The molecule has 0 fully saturated rings. The third-order valence-corrected chi connectivity index (χ3v) is 3.38. The van der Waals surface area contributed by atoms with Crippen LogP contribution in [0, 0.1) is 13.8 Å². The molecule has 5 heteroatoms. The molecule has 0 saturated carbocycles. The molecule has 0 unspecified atom stereocenters. The highest BCUT2D eigenvalue weighted by atomic mass is 15.3. The van der Waals surface area contributed by atoms with E-state index in [1.165, 1.54) is 11.1 Å². The van der Waals surface area contributed by atoms with Crippen LogP contribution in [0.5, 0.6) is 0 Å². The standard InChI is InChI=1S/C14H17N5/c1-9-4-6-11(7-5-9)8-19-13-12(16-14(19)15)10(2)17-18(13)3/h4-7H,8H2,1-3H3,(H2,15,16). The molecule has 19 heavy (non-hydrogen) atoms. The number of fused-ring (bicyclic) bond motifs is 1. The van der Waals surface area contributed by atoms with Gasteiger partial charge in [0.15, 0.2) is 5.65 Å². The van der Waals surface area contributed by atoms with E-state index in [1.807, 2.05) is 23.2 Å². The zero-order valence-corrected chi connectivity index (χ0v) is 11.4. The number of aryl methyl sites for hydroxylation is 3. The minimum atomic E-state index is 0.534. The van der Waals surface area contributed by atoms with E-state index in [9.17, 15) is 0 Å². The first-order chi connectivity index (χ1) is 9.06. The van der Waals surface area contributed by atoms with Gasteiger partial charge in [0.05, 0.1) is 12.2 Å². The fraction of sp³-hybridized carbons (Fsp3) is 0.286. The normalized spacial score (nSPS) is 11.3. The zero-order valence-electron chi connectivity index (χ0n) is 11.4. The smallest absolute Gasteiger partial charge is 0.202 e. The number of aromatic nitrogens is 4. The Morgan fingerprint density at radius 3 is 2.53 bits per heavy atom. The van der Waals surface area contributed by atoms with Crippen molar-refractivity contribution in [1.29, 1.82) is 0 Å². The number of anilines is 1. The van der Waals surface area contributed by atoms with Gasteiger partial charge in [-0.3, -0.25) is 9.25 Å². The number of imidazole rings is 1. The minimum Gasteiger partial charge on any atom is -0.369 e. The predicted molar refractivity (Wildman–Crippen MR) is 75.9 cm³/mol. The minimum absolute atomic E-state index is 0.534. The molecule has 0 radical (unpaired) electrons. The lowest BCUT2D eigenvalue weighted by atomic mass is 10.1. The molecular formula is C14H17N5. The van der Waals surface area contributed by atoms with Crippen LogP contribution in [0.25, 0.3) is 11.2 Å². The molecule has 5 nitrogen and oxygen atoms in total. The lowest BCUT2D eigenvalue weighted by Crippen LogP contribution is -2.07. The van der Waals surface area contributed by atoms with Crippen molar-refractivity contribution < 1.29 is 0 Å². The summed E-state index contributed by atoms with van der Waals surface area (Å²) in [7, 11) is 1.92. The van der Waals surface area contributed by atoms with Crippen LogP contribution in [0.4, 0.5) is 5.95 Å². The van der Waals surface area contributed by atoms with Crippen molar-refractivity contribution >= 4 is 17.1 Å². The fourth-order valence-corrected chi connectivity index (χ4v) is 2.38. The number of hydrogen-bond acceptors (Lipinski definition) is 3. The fourth-order valence-electron chi connectivity index (χ4n) is 2.38. The summed E-state index contributed by atoms with van der Waals surface area (Å²) in [5.74, 6) is 0.534. The van der Waals surface area contributed by atoms with Crippen molar-refractivity contribution in [3.8, 4) is 0 Å². The van der Waals surface area contributed by atoms with Gasteiger partial charge in [-0.1, -0.05) is 29.8 Å². The van der Waals surface area contributed by atoms with Crippen LogP contribution < -0.4 is 5.73 Å². The van der Waals surface area contributed by atoms with E-state index in [0.29, 0.717) is 12.5 Å². The van der Waals surface area contributed by atoms with Gasteiger partial charge in [-0.2, -0.15) is 5.10 Å². The van der Waals surface area contributed by atoms with Gasteiger partial charge in [0.1, 0.15) is 5.52 Å². The summed E-state index contributed by atoms with van der Waals surface area (Å²) in [5, 5.41) is 4.39.